The zero-order valence-electron chi connectivity index (χ0n) is 78.2. The average Bonchev–Trinajstić information content (AvgIpc) is 1.54. The molecule has 2 aliphatic carbocycles. The van der Waals surface area contributed by atoms with Crippen molar-refractivity contribution in [3.8, 4) is 50.6 Å². The summed E-state index contributed by atoms with van der Waals surface area (Å²) in [6.45, 7) is 63.2. The molecule has 3 heteroatoms. The van der Waals surface area contributed by atoms with Crippen LogP contribution in [0.4, 0.5) is 0 Å². The minimum atomic E-state index is -0.370. The number of unbranched alkanes of at least 4 members (excludes halogenated alkanes) is 4. The Bertz CT molecular complexity index is 5810. The monoisotopic (exact) mass is 1660 g/mol. The lowest BCUT2D eigenvalue weighted by Gasteiger charge is -2.34. The molecular formula is C123H136O3. The zero-order chi connectivity index (χ0) is 90.5. The molecule has 0 amide bonds. The van der Waals surface area contributed by atoms with E-state index in [-0.39, 0.29) is 10.8 Å². The molecule has 126 heavy (non-hydrogen) atoms. The van der Waals surface area contributed by atoms with Crippen LogP contribution in [-0.2, 0) is 36.5 Å². The van der Waals surface area contributed by atoms with Crippen molar-refractivity contribution >= 4 is 18.2 Å². The summed E-state index contributed by atoms with van der Waals surface area (Å²) >= 11 is 0. The molecule has 646 valence electrons. The SMILES string of the molecule is C=CCCCOc1cc(C)c(-c2cccc(CC=C)c2)cc1C.C=CCCCOc1cc(C)c(OCCCC=C(C)C)cc1C.C=CCCCc1cc2c(cc1C)C(c1ccccc1)(c1ccc(C=C)cc1)c1cc(C)ccc1-2.C=CCc1cc(C)c(CC=C)cc1C.C=Cc1cc(C)cc2c1-c1ccc(C)cc1C2(c1ccccc1)c1ccc(C=C(C)C)cc1. The van der Waals surface area contributed by atoms with E-state index in [1.807, 2.05) is 48.6 Å². The maximum Gasteiger partial charge on any atom is 0.122 e. The molecule has 0 saturated carbocycles. The fourth-order valence-electron chi connectivity index (χ4n) is 17.8. The van der Waals surface area contributed by atoms with Crippen LogP contribution in [0, 0.1) is 69.2 Å². The second-order valence-corrected chi connectivity index (χ2v) is 34.5. The normalized spacial score (nSPS) is 13.3. The molecule has 14 rings (SSSR count). The number of hydrogen-bond acceptors (Lipinski definition) is 3. The molecule has 0 aliphatic heterocycles. The largest absolute Gasteiger partial charge is 0.493 e. The van der Waals surface area contributed by atoms with Gasteiger partial charge < -0.3 is 14.2 Å². The van der Waals surface area contributed by atoms with Crippen LogP contribution in [0.25, 0.3) is 51.6 Å². The van der Waals surface area contributed by atoms with Gasteiger partial charge in [-0.15, -0.1) is 39.5 Å². The first-order valence-corrected chi connectivity index (χ1v) is 45.2. The number of aryl methyl sites for hydroxylation is 11. The Kier molecular flexibility index (Phi) is 35.2. The lowest BCUT2D eigenvalue weighted by atomic mass is 9.67. The molecule has 12 aromatic carbocycles. The highest BCUT2D eigenvalue weighted by atomic mass is 16.5. The third-order valence-corrected chi connectivity index (χ3v) is 24.1. The maximum atomic E-state index is 5.91. The molecule has 12 aromatic rings. The standard InChI is InChI=1S/C34H32.C33H30.C22H26O.C20H30O2.C14H18/c1-5-7-9-12-27-23-31-30-20-15-24(3)21-32(30)34(33(31)22-25(27)4,28-13-10-8-11-14-28)29-18-16-26(6-2)17-19-29;1-6-26-19-24(5)21-31-32(26)29-17-12-23(4)20-30(29)33(31,27-10-8-7-9-11-27)28-15-13-25(14-16-28)18-22(2)3;1-5-7-8-13-23-22-15-17(3)21(14-18(22)4)20-12-9-11-19(16-20)10-6-2;1-6-7-9-12-21-19-14-18(5)20(15-17(19)4)22-13-10-8-11-16(2)3;1-5-7-13-9-12(4)14(8-6-2)10-11(13)3/h5-6,8,10-11,13-23H,1-2,7,9,12H2,3-4H3;6-21H,1H2,2-5H3;5-6,9,11-12,14-16H,1-2,7-8,10,13H2,3-4H3;6,11,14-15H,1,7-10,12-13H2,2-5H3;5-6,9-10H,1-2,7-8H2,3-4H3. The molecule has 2 aliphatic rings. The lowest BCUT2D eigenvalue weighted by molar-refractivity contribution is 0.300. The fourth-order valence-corrected chi connectivity index (χ4v) is 17.8. The van der Waals surface area contributed by atoms with Gasteiger partial charge in [0.15, 0.2) is 0 Å². The number of ether oxygens (including phenoxy) is 3. The third kappa shape index (κ3) is 23.3. The van der Waals surface area contributed by atoms with Crippen LogP contribution < -0.4 is 14.2 Å². The molecule has 0 fully saturated rings. The van der Waals surface area contributed by atoms with Gasteiger partial charge in [-0.2, -0.15) is 0 Å². The highest BCUT2D eigenvalue weighted by molar-refractivity contribution is 5.92. The maximum absolute atomic E-state index is 5.91. The summed E-state index contributed by atoms with van der Waals surface area (Å²) in [5.41, 5.74) is 42.1. The number of benzene rings is 12. The average molecular weight is 1660 g/mol. The van der Waals surface area contributed by atoms with Crippen LogP contribution in [0.1, 0.15) is 218 Å². The Morgan fingerprint density at radius 3 is 1.26 bits per heavy atom. The Morgan fingerprint density at radius 2 is 0.762 bits per heavy atom. The van der Waals surface area contributed by atoms with Crippen LogP contribution in [0.2, 0.25) is 0 Å². The Balaban J connectivity index is 0.000000169. The van der Waals surface area contributed by atoms with Gasteiger partial charge in [0.05, 0.1) is 30.7 Å². The highest BCUT2D eigenvalue weighted by Gasteiger charge is 2.48. The number of fused-ring (bicyclic) bond motifs is 6. The van der Waals surface area contributed by atoms with Gasteiger partial charge in [-0.3, -0.25) is 0 Å². The molecule has 0 saturated heterocycles. The fraction of sp³-hybridized carbons (Fsp3) is 0.252. The first kappa shape index (κ1) is 95.7. The number of hydrogen-bond donors (Lipinski definition) is 0. The molecule has 0 aromatic heterocycles. The number of allylic oxidation sites excluding steroid dienone is 9. The first-order chi connectivity index (χ1) is 60.9. The van der Waals surface area contributed by atoms with Gasteiger partial charge >= 0.3 is 0 Å². The van der Waals surface area contributed by atoms with Gasteiger partial charge in [0.2, 0.25) is 0 Å². The number of rotatable bonds is 33. The minimum Gasteiger partial charge on any atom is -0.493 e. The topological polar surface area (TPSA) is 27.7 Å². The van der Waals surface area contributed by atoms with Crippen molar-refractivity contribution in [2.75, 3.05) is 19.8 Å². The van der Waals surface area contributed by atoms with Crippen molar-refractivity contribution in [1.29, 1.82) is 0 Å². The van der Waals surface area contributed by atoms with E-state index in [9.17, 15) is 0 Å². The summed E-state index contributed by atoms with van der Waals surface area (Å²) in [5, 5.41) is 0. The van der Waals surface area contributed by atoms with E-state index in [1.165, 1.54) is 167 Å². The van der Waals surface area contributed by atoms with Crippen molar-refractivity contribution in [3.63, 3.8) is 0 Å². The van der Waals surface area contributed by atoms with Crippen LogP contribution >= 0.6 is 0 Å². The summed E-state index contributed by atoms with van der Waals surface area (Å²) in [7, 11) is 0. The molecule has 0 spiro atoms. The van der Waals surface area contributed by atoms with E-state index >= 15 is 0 Å². The van der Waals surface area contributed by atoms with Crippen LogP contribution in [0.15, 0.2) is 337 Å². The van der Waals surface area contributed by atoms with Gasteiger partial charge in [-0.05, 0) is 354 Å². The molecule has 3 nitrogen and oxygen atoms in total. The predicted octanol–water partition coefficient (Wildman–Crippen LogP) is 33.1. The smallest absolute Gasteiger partial charge is 0.122 e. The lowest BCUT2D eigenvalue weighted by Crippen LogP contribution is -2.28. The van der Waals surface area contributed by atoms with Crippen molar-refractivity contribution < 1.29 is 14.2 Å². The second kappa shape index (κ2) is 46.4. The van der Waals surface area contributed by atoms with Crippen LogP contribution in [0.3, 0.4) is 0 Å². The quantitative estimate of drug-likeness (QED) is 0.0303. The third-order valence-electron chi connectivity index (χ3n) is 24.1. The minimum absolute atomic E-state index is 0.345. The van der Waals surface area contributed by atoms with Crippen molar-refractivity contribution in [2.45, 2.75) is 185 Å². The molecular weight excluding hydrogens is 1530 g/mol. The molecule has 0 N–H and O–H groups in total. The van der Waals surface area contributed by atoms with E-state index in [4.69, 9.17) is 14.2 Å². The molecule has 0 heterocycles. The second-order valence-electron chi connectivity index (χ2n) is 34.5. The van der Waals surface area contributed by atoms with Crippen molar-refractivity contribution in [1.82, 2.24) is 0 Å². The van der Waals surface area contributed by atoms with E-state index < -0.39 is 0 Å². The zero-order valence-corrected chi connectivity index (χ0v) is 78.2. The van der Waals surface area contributed by atoms with E-state index in [0.717, 1.165) is 131 Å². The van der Waals surface area contributed by atoms with Gasteiger partial charge in [0, 0.05) is 0 Å². The van der Waals surface area contributed by atoms with Gasteiger partial charge in [0.1, 0.15) is 17.2 Å². The summed E-state index contributed by atoms with van der Waals surface area (Å²) in [6.07, 6.45) is 32.3. The Morgan fingerprint density at radius 1 is 0.310 bits per heavy atom. The Labute approximate surface area is 758 Å². The molecule has 0 radical (unpaired) electrons. The summed E-state index contributed by atoms with van der Waals surface area (Å²) in [6, 6.07) is 85.3. The van der Waals surface area contributed by atoms with E-state index in [1.54, 1.807) is 0 Å². The molecule has 2 unspecified atom stereocenters. The highest BCUT2D eigenvalue weighted by Crippen LogP contribution is 2.59. The Hall–Kier alpha value is -12.6. The van der Waals surface area contributed by atoms with Gasteiger partial charge in [-0.25, -0.2) is 0 Å². The summed E-state index contributed by atoms with van der Waals surface area (Å²) in [4.78, 5) is 0. The van der Waals surface area contributed by atoms with E-state index in [0.29, 0.717) is 0 Å². The molecule has 2 atom stereocenters. The van der Waals surface area contributed by atoms with Crippen molar-refractivity contribution in [3.05, 3.63) is 476 Å². The molecule has 0 bridgehead atoms. The predicted molar refractivity (Wildman–Crippen MR) is 548 cm³/mol. The van der Waals surface area contributed by atoms with Crippen LogP contribution in [0.5, 0.6) is 17.2 Å². The summed E-state index contributed by atoms with van der Waals surface area (Å²) in [5.74, 6) is 2.91. The van der Waals surface area contributed by atoms with Crippen molar-refractivity contribution in [2.24, 2.45) is 0 Å². The summed E-state index contributed by atoms with van der Waals surface area (Å²) < 4.78 is 17.6. The first-order valence-electron chi connectivity index (χ1n) is 45.2. The van der Waals surface area contributed by atoms with E-state index in [2.05, 4.69) is 392 Å². The van der Waals surface area contributed by atoms with Crippen LogP contribution in [-0.4, -0.2) is 19.8 Å². The van der Waals surface area contributed by atoms with Gasteiger partial charge in [-0.1, -0.05) is 308 Å². The van der Waals surface area contributed by atoms with Gasteiger partial charge in [0.25, 0.3) is 0 Å².